The van der Waals surface area contributed by atoms with E-state index in [0.717, 1.165) is 22.5 Å². The molecular weight excluding hydrogens is 338 g/mol. The Morgan fingerprint density at radius 3 is 2.15 bits per heavy atom. The monoisotopic (exact) mass is 361 g/mol. The molecule has 1 aromatic heterocycles. The number of para-hydroxylation sites is 2. The lowest BCUT2D eigenvalue weighted by Crippen LogP contribution is -2.09. The zero-order valence-corrected chi connectivity index (χ0v) is 15.6. The molecule has 3 aromatic carbocycles. The van der Waals surface area contributed by atoms with Crippen LogP contribution < -0.4 is 4.74 Å². The number of aryl methyl sites for hydroxylation is 1. The number of nitrogens with zero attached hydrogens (tertiary/aromatic N) is 1. The third-order valence-corrected chi connectivity index (χ3v) is 4.66. The Labute approximate surface area is 158 Å². The van der Waals surface area contributed by atoms with Gasteiger partial charge in [-0.3, -0.25) is 0 Å². The van der Waals surface area contributed by atoms with E-state index in [1.165, 1.54) is 16.3 Å². The van der Waals surface area contributed by atoms with Crippen LogP contribution >= 0.6 is 0 Å². The maximum Gasteiger partial charge on any atom is 0.189 e. The van der Waals surface area contributed by atoms with Crippen molar-refractivity contribution in [1.82, 2.24) is 4.57 Å². The second-order valence-electron chi connectivity index (χ2n) is 6.50. The lowest BCUT2D eigenvalue weighted by Gasteiger charge is -2.15. The maximum atomic E-state index is 5.96. The fourth-order valence-electron chi connectivity index (χ4n) is 3.41. The number of benzene rings is 3. The van der Waals surface area contributed by atoms with Crippen molar-refractivity contribution >= 4 is 21.8 Å². The zero-order valence-electron chi connectivity index (χ0n) is 15.6. The summed E-state index contributed by atoms with van der Waals surface area (Å²) in [5.74, 6) is 0.796. The first-order valence-corrected chi connectivity index (χ1v) is 9.08. The van der Waals surface area contributed by atoms with Crippen LogP contribution in [0.1, 0.15) is 5.56 Å². The Balaban J connectivity index is 1.82. The lowest BCUT2D eigenvalue weighted by molar-refractivity contribution is -0.00845. The Kier molecular flexibility index (Phi) is 5.10. The van der Waals surface area contributed by atoms with Crippen LogP contribution in [0.2, 0.25) is 0 Å². The van der Waals surface area contributed by atoms with Gasteiger partial charge in [0.05, 0.1) is 29.9 Å². The molecule has 0 spiro atoms. The van der Waals surface area contributed by atoms with Gasteiger partial charge in [0.15, 0.2) is 6.79 Å². The van der Waals surface area contributed by atoms with E-state index in [4.69, 9.17) is 14.2 Å². The van der Waals surface area contributed by atoms with Crippen LogP contribution in [0.5, 0.6) is 5.75 Å². The van der Waals surface area contributed by atoms with Gasteiger partial charge >= 0.3 is 0 Å². The Morgan fingerprint density at radius 2 is 1.48 bits per heavy atom. The third kappa shape index (κ3) is 3.42. The highest BCUT2D eigenvalue weighted by Crippen LogP contribution is 2.35. The molecule has 0 saturated heterocycles. The van der Waals surface area contributed by atoms with Crippen LogP contribution in [-0.4, -0.2) is 31.7 Å². The zero-order chi connectivity index (χ0) is 18.6. The number of aromatic nitrogens is 1. The summed E-state index contributed by atoms with van der Waals surface area (Å²) in [5.41, 5.74) is 4.52. The normalized spacial score (nSPS) is 11.3. The fourth-order valence-corrected chi connectivity index (χ4v) is 3.41. The van der Waals surface area contributed by atoms with Crippen LogP contribution in [0.15, 0.2) is 66.7 Å². The summed E-state index contributed by atoms with van der Waals surface area (Å²) in [4.78, 5) is 0. The highest BCUT2D eigenvalue weighted by atomic mass is 16.7. The van der Waals surface area contributed by atoms with Gasteiger partial charge in [0.1, 0.15) is 5.75 Å². The highest BCUT2D eigenvalue weighted by molar-refractivity contribution is 6.09. The standard InChI is InChI=1S/C23H23NO3/c1-17-11-12-23(27-16-26-14-13-25-2)22(15-17)24-20-9-5-3-7-18(20)19-8-4-6-10-21(19)24/h3-12,15H,13-14,16H2,1-2H3. The maximum absolute atomic E-state index is 5.96. The minimum absolute atomic E-state index is 0.191. The highest BCUT2D eigenvalue weighted by Gasteiger charge is 2.15. The van der Waals surface area contributed by atoms with E-state index in [0.29, 0.717) is 13.2 Å². The molecule has 0 aliphatic heterocycles. The Morgan fingerprint density at radius 1 is 0.815 bits per heavy atom. The summed E-state index contributed by atoms with van der Waals surface area (Å²) >= 11 is 0. The molecule has 0 aliphatic rings. The fraction of sp³-hybridized carbons (Fsp3) is 0.217. The molecule has 0 radical (unpaired) electrons. The van der Waals surface area contributed by atoms with Crippen molar-refractivity contribution in [3.63, 3.8) is 0 Å². The molecule has 0 atom stereocenters. The summed E-state index contributed by atoms with van der Waals surface area (Å²) in [7, 11) is 1.66. The van der Waals surface area contributed by atoms with Crippen LogP contribution in [0.25, 0.3) is 27.5 Å². The van der Waals surface area contributed by atoms with E-state index in [-0.39, 0.29) is 6.79 Å². The molecule has 27 heavy (non-hydrogen) atoms. The number of methoxy groups -OCH3 is 1. The molecule has 4 rings (SSSR count). The number of hydrogen-bond donors (Lipinski definition) is 0. The predicted octanol–water partition coefficient (Wildman–Crippen LogP) is 5.09. The van der Waals surface area contributed by atoms with Crippen molar-refractivity contribution < 1.29 is 14.2 Å². The number of rotatable bonds is 7. The van der Waals surface area contributed by atoms with Gasteiger partial charge in [-0.15, -0.1) is 0 Å². The molecule has 1 heterocycles. The third-order valence-electron chi connectivity index (χ3n) is 4.66. The van der Waals surface area contributed by atoms with Gasteiger partial charge in [0.25, 0.3) is 0 Å². The second-order valence-corrected chi connectivity index (χ2v) is 6.50. The molecule has 0 bridgehead atoms. The number of fused-ring (bicyclic) bond motifs is 3. The topological polar surface area (TPSA) is 32.6 Å². The summed E-state index contributed by atoms with van der Waals surface area (Å²) in [6, 6.07) is 23.2. The first kappa shape index (κ1) is 17.6. The van der Waals surface area contributed by atoms with Gasteiger partial charge in [-0.2, -0.15) is 0 Å². The van der Waals surface area contributed by atoms with Gasteiger partial charge in [-0.25, -0.2) is 0 Å². The minimum Gasteiger partial charge on any atom is -0.465 e. The SMILES string of the molecule is COCCOCOc1ccc(C)cc1-n1c2ccccc2c2ccccc21. The van der Waals surface area contributed by atoms with Gasteiger partial charge in [-0.1, -0.05) is 42.5 Å². The largest absolute Gasteiger partial charge is 0.465 e. The van der Waals surface area contributed by atoms with Crippen LogP contribution in [0.3, 0.4) is 0 Å². The molecular formula is C23H23NO3. The Hall–Kier alpha value is -2.82. The van der Waals surface area contributed by atoms with Gasteiger partial charge < -0.3 is 18.8 Å². The summed E-state index contributed by atoms with van der Waals surface area (Å²) in [6.45, 7) is 3.34. The molecule has 0 fully saturated rings. The average molecular weight is 361 g/mol. The first-order chi connectivity index (χ1) is 13.3. The van der Waals surface area contributed by atoms with Gasteiger partial charge in [-0.05, 0) is 36.8 Å². The Bertz CT molecular complexity index is 1010. The molecule has 138 valence electrons. The molecule has 0 unspecified atom stereocenters. The lowest BCUT2D eigenvalue weighted by atomic mass is 10.2. The minimum atomic E-state index is 0.191. The van der Waals surface area contributed by atoms with E-state index < -0.39 is 0 Å². The smallest absolute Gasteiger partial charge is 0.189 e. The number of hydrogen-bond acceptors (Lipinski definition) is 3. The van der Waals surface area contributed by atoms with E-state index in [1.807, 2.05) is 6.07 Å². The van der Waals surface area contributed by atoms with Crippen molar-refractivity contribution in [2.75, 3.05) is 27.1 Å². The molecule has 4 aromatic rings. The van der Waals surface area contributed by atoms with E-state index >= 15 is 0 Å². The van der Waals surface area contributed by atoms with Crippen molar-refractivity contribution in [2.45, 2.75) is 6.92 Å². The van der Waals surface area contributed by atoms with E-state index in [1.54, 1.807) is 7.11 Å². The summed E-state index contributed by atoms with van der Waals surface area (Å²) < 4.78 is 18.7. The molecule has 0 saturated carbocycles. The predicted molar refractivity (Wildman–Crippen MR) is 109 cm³/mol. The summed E-state index contributed by atoms with van der Waals surface area (Å²) in [6.07, 6.45) is 0. The molecule has 4 heteroatoms. The quantitative estimate of drug-likeness (QED) is 0.339. The van der Waals surface area contributed by atoms with Gasteiger partial charge in [0, 0.05) is 17.9 Å². The van der Waals surface area contributed by atoms with Gasteiger partial charge in [0.2, 0.25) is 0 Å². The average Bonchev–Trinajstić information content (AvgIpc) is 3.03. The van der Waals surface area contributed by atoms with Crippen molar-refractivity contribution in [1.29, 1.82) is 0 Å². The molecule has 0 amide bonds. The second kappa shape index (κ2) is 7.82. The van der Waals surface area contributed by atoms with Crippen molar-refractivity contribution in [2.24, 2.45) is 0 Å². The van der Waals surface area contributed by atoms with E-state index in [9.17, 15) is 0 Å². The van der Waals surface area contributed by atoms with Crippen molar-refractivity contribution in [3.05, 3.63) is 72.3 Å². The molecule has 4 nitrogen and oxygen atoms in total. The molecule has 0 aliphatic carbocycles. The molecule has 0 N–H and O–H groups in total. The summed E-state index contributed by atoms with van der Waals surface area (Å²) in [5, 5.41) is 2.47. The van der Waals surface area contributed by atoms with Crippen LogP contribution in [-0.2, 0) is 9.47 Å². The van der Waals surface area contributed by atoms with Crippen molar-refractivity contribution in [3.8, 4) is 11.4 Å². The van der Waals surface area contributed by atoms with Crippen LogP contribution in [0, 0.1) is 6.92 Å². The van der Waals surface area contributed by atoms with Crippen LogP contribution in [0.4, 0.5) is 0 Å². The van der Waals surface area contributed by atoms with E-state index in [2.05, 4.69) is 72.2 Å². The number of ether oxygens (including phenoxy) is 3. The first-order valence-electron chi connectivity index (χ1n) is 9.08.